The molecule has 0 saturated heterocycles. The standard InChI is InChI=1S/C12H18ClN3O/c1-5-14-9-7-6-8(13)10(15-9)11(17)16-12(2,3)4/h6-7H,5H2,1-4H3,(H,14,15)(H,16,17). The molecule has 0 spiro atoms. The number of halogens is 1. The molecule has 0 fully saturated rings. The van der Waals surface area contributed by atoms with Crippen LogP contribution in [-0.4, -0.2) is 23.0 Å². The van der Waals surface area contributed by atoms with Gasteiger partial charge in [-0.3, -0.25) is 4.79 Å². The van der Waals surface area contributed by atoms with Crippen LogP contribution in [0.3, 0.4) is 0 Å². The fourth-order valence-corrected chi connectivity index (χ4v) is 1.47. The van der Waals surface area contributed by atoms with Crippen molar-refractivity contribution in [2.75, 3.05) is 11.9 Å². The topological polar surface area (TPSA) is 54.0 Å². The zero-order valence-electron chi connectivity index (χ0n) is 10.6. The van der Waals surface area contributed by atoms with Crippen LogP contribution in [-0.2, 0) is 0 Å². The molecule has 1 amide bonds. The predicted molar refractivity (Wildman–Crippen MR) is 70.6 cm³/mol. The molecule has 0 aliphatic rings. The maximum atomic E-state index is 12.0. The summed E-state index contributed by atoms with van der Waals surface area (Å²) in [7, 11) is 0. The van der Waals surface area contributed by atoms with Crippen LogP contribution in [0, 0.1) is 0 Å². The molecule has 0 saturated carbocycles. The van der Waals surface area contributed by atoms with Crippen molar-refractivity contribution >= 4 is 23.3 Å². The lowest BCUT2D eigenvalue weighted by atomic mass is 10.1. The highest BCUT2D eigenvalue weighted by molar-refractivity contribution is 6.33. The Morgan fingerprint density at radius 3 is 2.59 bits per heavy atom. The fraction of sp³-hybridized carbons (Fsp3) is 0.500. The summed E-state index contributed by atoms with van der Waals surface area (Å²) in [6.45, 7) is 8.44. The number of nitrogens with zero attached hydrogens (tertiary/aromatic N) is 1. The van der Waals surface area contributed by atoms with Gasteiger partial charge in [-0.05, 0) is 39.8 Å². The number of carbonyl (C=O) groups excluding carboxylic acids is 1. The molecule has 1 heterocycles. The molecule has 1 aromatic rings. The first-order valence-corrected chi connectivity index (χ1v) is 5.94. The van der Waals surface area contributed by atoms with Gasteiger partial charge >= 0.3 is 0 Å². The Hall–Kier alpha value is -1.29. The van der Waals surface area contributed by atoms with Gasteiger partial charge in [-0.1, -0.05) is 11.6 Å². The monoisotopic (exact) mass is 255 g/mol. The highest BCUT2D eigenvalue weighted by Gasteiger charge is 2.19. The molecule has 5 heteroatoms. The molecule has 1 rings (SSSR count). The SMILES string of the molecule is CCNc1ccc(Cl)c(C(=O)NC(C)(C)C)n1. The number of aromatic nitrogens is 1. The summed E-state index contributed by atoms with van der Waals surface area (Å²) in [5, 5.41) is 6.23. The minimum atomic E-state index is -0.309. The van der Waals surface area contributed by atoms with Crippen LogP contribution in [0.15, 0.2) is 12.1 Å². The van der Waals surface area contributed by atoms with Gasteiger partial charge in [0.25, 0.3) is 5.91 Å². The van der Waals surface area contributed by atoms with Gasteiger partial charge < -0.3 is 10.6 Å². The van der Waals surface area contributed by atoms with E-state index in [1.165, 1.54) is 0 Å². The Balaban J connectivity index is 2.95. The Kier molecular flexibility index (Phi) is 4.34. The van der Waals surface area contributed by atoms with Gasteiger partial charge in [0.2, 0.25) is 0 Å². The molecule has 1 aromatic heterocycles. The Morgan fingerprint density at radius 1 is 1.41 bits per heavy atom. The first-order valence-electron chi connectivity index (χ1n) is 5.56. The number of hydrogen-bond acceptors (Lipinski definition) is 3. The van der Waals surface area contributed by atoms with Crippen LogP contribution < -0.4 is 10.6 Å². The van der Waals surface area contributed by atoms with E-state index in [2.05, 4.69) is 15.6 Å². The van der Waals surface area contributed by atoms with E-state index in [1.807, 2.05) is 27.7 Å². The maximum Gasteiger partial charge on any atom is 0.271 e. The normalized spacial score (nSPS) is 11.1. The van der Waals surface area contributed by atoms with Crippen molar-refractivity contribution in [2.45, 2.75) is 33.2 Å². The van der Waals surface area contributed by atoms with Gasteiger partial charge in [-0.15, -0.1) is 0 Å². The predicted octanol–water partition coefficient (Wildman–Crippen LogP) is 2.70. The van der Waals surface area contributed by atoms with E-state index in [4.69, 9.17) is 11.6 Å². The van der Waals surface area contributed by atoms with Gasteiger partial charge in [-0.2, -0.15) is 0 Å². The van der Waals surface area contributed by atoms with Crippen molar-refractivity contribution in [3.05, 3.63) is 22.8 Å². The van der Waals surface area contributed by atoms with Crippen LogP contribution in [0.25, 0.3) is 0 Å². The number of carbonyl (C=O) groups is 1. The van der Waals surface area contributed by atoms with E-state index < -0.39 is 0 Å². The number of nitrogens with one attached hydrogen (secondary N) is 2. The van der Waals surface area contributed by atoms with E-state index in [0.717, 1.165) is 6.54 Å². The van der Waals surface area contributed by atoms with Crippen molar-refractivity contribution in [3.8, 4) is 0 Å². The maximum absolute atomic E-state index is 12.0. The number of rotatable bonds is 3. The Bertz CT molecular complexity index is 413. The first-order chi connectivity index (χ1) is 7.83. The van der Waals surface area contributed by atoms with Crippen LogP contribution in [0.2, 0.25) is 5.02 Å². The van der Waals surface area contributed by atoms with E-state index >= 15 is 0 Å². The molecule has 0 aliphatic carbocycles. The molecule has 2 N–H and O–H groups in total. The second kappa shape index (κ2) is 5.36. The molecule has 94 valence electrons. The lowest BCUT2D eigenvalue weighted by molar-refractivity contribution is 0.0914. The molecule has 0 unspecified atom stereocenters. The number of amides is 1. The largest absolute Gasteiger partial charge is 0.370 e. The highest BCUT2D eigenvalue weighted by Crippen LogP contribution is 2.17. The molecular formula is C12H18ClN3O. The average Bonchev–Trinajstić information content (AvgIpc) is 2.18. The van der Waals surface area contributed by atoms with Crippen molar-refractivity contribution < 1.29 is 4.79 Å². The minimum absolute atomic E-state index is 0.250. The van der Waals surface area contributed by atoms with Gasteiger partial charge in [-0.25, -0.2) is 4.98 Å². The lowest BCUT2D eigenvalue weighted by Gasteiger charge is -2.20. The highest BCUT2D eigenvalue weighted by atomic mass is 35.5. The quantitative estimate of drug-likeness (QED) is 0.873. The summed E-state index contributed by atoms with van der Waals surface area (Å²) in [5.41, 5.74) is -0.0592. The van der Waals surface area contributed by atoms with Crippen molar-refractivity contribution in [2.24, 2.45) is 0 Å². The van der Waals surface area contributed by atoms with Crippen LogP contribution in [0.5, 0.6) is 0 Å². The van der Waals surface area contributed by atoms with Crippen molar-refractivity contribution in [1.29, 1.82) is 0 Å². The molecule has 4 nitrogen and oxygen atoms in total. The van der Waals surface area contributed by atoms with E-state index in [9.17, 15) is 4.79 Å². The third-order valence-electron chi connectivity index (χ3n) is 1.91. The third-order valence-corrected chi connectivity index (χ3v) is 2.21. The summed E-state index contributed by atoms with van der Waals surface area (Å²) in [6, 6.07) is 3.42. The van der Waals surface area contributed by atoms with E-state index in [0.29, 0.717) is 10.8 Å². The second-order valence-electron chi connectivity index (χ2n) is 4.76. The molecule has 0 bridgehead atoms. The Labute approximate surface area is 107 Å². The smallest absolute Gasteiger partial charge is 0.271 e. The van der Waals surface area contributed by atoms with Gasteiger partial charge in [0.05, 0.1) is 5.02 Å². The summed E-state index contributed by atoms with van der Waals surface area (Å²) < 4.78 is 0. The van der Waals surface area contributed by atoms with E-state index in [1.54, 1.807) is 12.1 Å². The summed E-state index contributed by atoms with van der Waals surface area (Å²) >= 11 is 5.97. The minimum Gasteiger partial charge on any atom is -0.370 e. The number of anilines is 1. The van der Waals surface area contributed by atoms with Gasteiger partial charge in [0.1, 0.15) is 11.5 Å². The zero-order chi connectivity index (χ0) is 13.1. The number of pyridine rings is 1. The second-order valence-corrected chi connectivity index (χ2v) is 5.17. The third kappa shape index (κ3) is 4.23. The fourth-order valence-electron chi connectivity index (χ4n) is 1.28. The zero-order valence-corrected chi connectivity index (χ0v) is 11.4. The number of hydrogen-bond donors (Lipinski definition) is 2. The molecule has 0 aliphatic heterocycles. The molecule has 0 aromatic carbocycles. The average molecular weight is 256 g/mol. The lowest BCUT2D eigenvalue weighted by Crippen LogP contribution is -2.41. The summed E-state index contributed by atoms with van der Waals surface area (Å²) in [6.07, 6.45) is 0. The van der Waals surface area contributed by atoms with Crippen LogP contribution in [0.1, 0.15) is 38.2 Å². The van der Waals surface area contributed by atoms with Crippen LogP contribution >= 0.6 is 11.6 Å². The van der Waals surface area contributed by atoms with Crippen LogP contribution in [0.4, 0.5) is 5.82 Å². The first kappa shape index (κ1) is 13.8. The van der Waals surface area contributed by atoms with Gasteiger partial charge in [0.15, 0.2) is 0 Å². The summed E-state index contributed by atoms with van der Waals surface area (Å²) in [4.78, 5) is 16.1. The van der Waals surface area contributed by atoms with Gasteiger partial charge in [0, 0.05) is 12.1 Å². The molecular weight excluding hydrogens is 238 g/mol. The molecule has 0 atom stereocenters. The molecule has 0 radical (unpaired) electrons. The molecule has 17 heavy (non-hydrogen) atoms. The van der Waals surface area contributed by atoms with Crippen molar-refractivity contribution in [3.63, 3.8) is 0 Å². The van der Waals surface area contributed by atoms with E-state index in [-0.39, 0.29) is 17.1 Å². The van der Waals surface area contributed by atoms with Crippen molar-refractivity contribution in [1.82, 2.24) is 10.3 Å². The summed E-state index contributed by atoms with van der Waals surface area (Å²) in [5.74, 6) is 0.387. The Morgan fingerprint density at radius 2 is 2.06 bits per heavy atom.